The fourth-order valence-electron chi connectivity index (χ4n) is 1.85. The molecule has 1 atom stereocenters. The summed E-state index contributed by atoms with van der Waals surface area (Å²) in [5.41, 5.74) is 1.50. The Morgan fingerprint density at radius 3 is 3.21 bits per heavy atom. The molecule has 1 N–H and O–H groups in total. The number of rotatable bonds is 0. The normalized spacial score (nSPS) is 23.4. The van der Waals surface area contributed by atoms with Gasteiger partial charge < -0.3 is 14.8 Å². The van der Waals surface area contributed by atoms with Gasteiger partial charge in [0.1, 0.15) is 12.4 Å². The minimum absolute atomic E-state index is 0.0858. The van der Waals surface area contributed by atoms with Crippen LogP contribution in [-0.2, 0) is 4.74 Å². The average Bonchev–Trinajstić information content (AvgIpc) is 2.41. The summed E-state index contributed by atoms with van der Waals surface area (Å²) in [5.74, 6) is 0.667. The third-order valence-electron chi connectivity index (χ3n) is 2.46. The molecular weight excluding hydrogens is 182 g/mol. The molecule has 0 bridgehead atoms. The molecule has 0 aromatic heterocycles. The molecule has 1 unspecified atom stereocenters. The number of hydrogen-bond donors (Lipinski definition) is 1. The summed E-state index contributed by atoms with van der Waals surface area (Å²) in [4.78, 5) is 11.5. The summed E-state index contributed by atoms with van der Waals surface area (Å²) in [6.45, 7) is 1.03. The van der Waals surface area contributed by atoms with Crippen LogP contribution in [0.5, 0.6) is 5.75 Å². The van der Waals surface area contributed by atoms with E-state index in [1.165, 1.54) is 0 Å². The van der Waals surface area contributed by atoms with Gasteiger partial charge in [0, 0.05) is 0 Å². The zero-order chi connectivity index (χ0) is 9.54. The highest BCUT2D eigenvalue weighted by Crippen LogP contribution is 2.35. The number of benzene rings is 1. The molecule has 1 aromatic rings. The lowest BCUT2D eigenvalue weighted by molar-refractivity contribution is 0.0310. The van der Waals surface area contributed by atoms with Gasteiger partial charge in [0.25, 0.3) is 5.91 Å². The van der Waals surface area contributed by atoms with E-state index in [2.05, 4.69) is 5.32 Å². The Hall–Kier alpha value is -1.55. The molecule has 72 valence electrons. The van der Waals surface area contributed by atoms with Crippen LogP contribution in [0.2, 0.25) is 0 Å². The van der Waals surface area contributed by atoms with Crippen molar-refractivity contribution in [3.63, 3.8) is 0 Å². The summed E-state index contributed by atoms with van der Waals surface area (Å²) in [6.07, 6.45) is -0.323. The van der Waals surface area contributed by atoms with Gasteiger partial charge in [-0.3, -0.25) is 4.79 Å². The Morgan fingerprint density at radius 1 is 1.36 bits per heavy atom. The van der Waals surface area contributed by atoms with E-state index < -0.39 is 0 Å². The maximum atomic E-state index is 11.5. The molecule has 0 saturated heterocycles. The molecule has 0 saturated carbocycles. The number of carbonyl (C=O) groups excluding carboxylic acids is 1. The molecule has 1 amide bonds. The van der Waals surface area contributed by atoms with E-state index >= 15 is 0 Å². The van der Waals surface area contributed by atoms with Crippen LogP contribution in [0.4, 0.5) is 0 Å². The summed E-state index contributed by atoms with van der Waals surface area (Å²) < 4.78 is 10.9. The second-order valence-electron chi connectivity index (χ2n) is 3.29. The Labute approximate surface area is 80.8 Å². The summed E-state index contributed by atoms with van der Waals surface area (Å²) in [5, 5.41) is 2.76. The lowest BCUT2D eigenvalue weighted by Crippen LogP contribution is -2.21. The van der Waals surface area contributed by atoms with Crippen molar-refractivity contribution < 1.29 is 14.3 Å². The van der Waals surface area contributed by atoms with Crippen molar-refractivity contribution in [3.8, 4) is 5.75 Å². The van der Waals surface area contributed by atoms with Gasteiger partial charge in [-0.2, -0.15) is 0 Å². The molecule has 2 aliphatic rings. The molecule has 0 spiro atoms. The van der Waals surface area contributed by atoms with Gasteiger partial charge in [0.15, 0.2) is 6.23 Å². The quantitative estimate of drug-likeness (QED) is 0.661. The lowest BCUT2D eigenvalue weighted by Gasteiger charge is -2.09. The molecule has 4 nitrogen and oxygen atoms in total. The van der Waals surface area contributed by atoms with Gasteiger partial charge in [-0.15, -0.1) is 0 Å². The van der Waals surface area contributed by atoms with E-state index in [1.54, 1.807) is 6.07 Å². The minimum Gasteiger partial charge on any atom is -0.491 e. The van der Waals surface area contributed by atoms with Crippen LogP contribution in [0.15, 0.2) is 18.2 Å². The molecule has 0 fully saturated rings. The van der Waals surface area contributed by atoms with Crippen LogP contribution < -0.4 is 10.1 Å². The standard InChI is InChI=1S/C10H9NO3/c12-9-6-2-1-3-7-8(6)10(11-9)14-5-4-13-7/h1-3,10H,4-5H2,(H,11,12). The lowest BCUT2D eigenvalue weighted by atomic mass is 10.1. The van der Waals surface area contributed by atoms with E-state index in [0.717, 1.165) is 11.3 Å². The first-order valence-corrected chi connectivity index (χ1v) is 4.54. The highest BCUT2D eigenvalue weighted by molar-refractivity contribution is 5.99. The van der Waals surface area contributed by atoms with Crippen LogP contribution in [0.3, 0.4) is 0 Å². The Balaban J connectivity index is 2.22. The molecule has 2 heterocycles. The minimum atomic E-state index is -0.323. The second kappa shape index (κ2) is 2.72. The summed E-state index contributed by atoms with van der Waals surface area (Å²) >= 11 is 0. The first-order valence-electron chi connectivity index (χ1n) is 4.54. The van der Waals surface area contributed by atoms with Crippen LogP contribution in [0, 0.1) is 0 Å². The maximum Gasteiger partial charge on any atom is 0.254 e. The monoisotopic (exact) mass is 191 g/mol. The molecule has 4 heteroatoms. The fourth-order valence-corrected chi connectivity index (χ4v) is 1.85. The van der Waals surface area contributed by atoms with Gasteiger partial charge in [-0.05, 0) is 12.1 Å². The molecule has 0 radical (unpaired) electrons. The number of amides is 1. The van der Waals surface area contributed by atoms with Crippen molar-refractivity contribution in [2.75, 3.05) is 13.2 Å². The zero-order valence-corrected chi connectivity index (χ0v) is 7.45. The van der Waals surface area contributed by atoms with Crippen molar-refractivity contribution in [1.82, 2.24) is 5.32 Å². The average molecular weight is 191 g/mol. The molecule has 3 rings (SSSR count). The third kappa shape index (κ3) is 0.943. The third-order valence-corrected chi connectivity index (χ3v) is 2.46. The molecular formula is C10H9NO3. The molecule has 14 heavy (non-hydrogen) atoms. The van der Waals surface area contributed by atoms with Gasteiger partial charge in [0.05, 0.1) is 17.7 Å². The predicted octanol–water partition coefficient (Wildman–Crippen LogP) is 0.838. The Kier molecular flexibility index (Phi) is 1.52. The van der Waals surface area contributed by atoms with Gasteiger partial charge in [0.2, 0.25) is 0 Å². The van der Waals surface area contributed by atoms with Crippen molar-refractivity contribution in [1.29, 1.82) is 0 Å². The van der Waals surface area contributed by atoms with Crippen molar-refractivity contribution in [2.24, 2.45) is 0 Å². The number of nitrogens with one attached hydrogen (secondary N) is 1. The fraction of sp³-hybridized carbons (Fsp3) is 0.300. The highest BCUT2D eigenvalue weighted by atomic mass is 16.5. The van der Waals surface area contributed by atoms with Crippen LogP contribution >= 0.6 is 0 Å². The van der Waals surface area contributed by atoms with Crippen LogP contribution in [-0.4, -0.2) is 19.1 Å². The molecule has 1 aromatic carbocycles. The maximum absolute atomic E-state index is 11.5. The molecule has 2 aliphatic heterocycles. The van der Waals surface area contributed by atoms with Gasteiger partial charge >= 0.3 is 0 Å². The SMILES string of the molecule is O=C1NC2OCCOc3cccc1c32. The number of carbonyl (C=O) groups is 1. The van der Waals surface area contributed by atoms with Gasteiger partial charge in [-0.25, -0.2) is 0 Å². The van der Waals surface area contributed by atoms with E-state index in [0.29, 0.717) is 18.8 Å². The Bertz CT molecular complexity index is 402. The van der Waals surface area contributed by atoms with E-state index in [9.17, 15) is 4.79 Å². The largest absolute Gasteiger partial charge is 0.491 e. The van der Waals surface area contributed by atoms with Crippen LogP contribution in [0.1, 0.15) is 22.1 Å². The van der Waals surface area contributed by atoms with E-state index in [4.69, 9.17) is 9.47 Å². The first-order chi connectivity index (χ1) is 6.86. The second-order valence-corrected chi connectivity index (χ2v) is 3.29. The first kappa shape index (κ1) is 7.82. The van der Waals surface area contributed by atoms with E-state index in [1.807, 2.05) is 12.1 Å². The predicted molar refractivity (Wildman–Crippen MR) is 48.1 cm³/mol. The molecule has 0 aliphatic carbocycles. The van der Waals surface area contributed by atoms with E-state index in [-0.39, 0.29) is 12.1 Å². The van der Waals surface area contributed by atoms with Crippen LogP contribution in [0.25, 0.3) is 0 Å². The smallest absolute Gasteiger partial charge is 0.254 e. The summed E-state index contributed by atoms with van der Waals surface area (Å²) in [7, 11) is 0. The van der Waals surface area contributed by atoms with Crippen molar-refractivity contribution in [3.05, 3.63) is 29.3 Å². The Morgan fingerprint density at radius 2 is 2.29 bits per heavy atom. The van der Waals surface area contributed by atoms with Crippen molar-refractivity contribution in [2.45, 2.75) is 6.23 Å². The number of hydrogen-bond acceptors (Lipinski definition) is 3. The van der Waals surface area contributed by atoms with Gasteiger partial charge in [-0.1, -0.05) is 6.07 Å². The summed E-state index contributed by atoms with van der Waals surface area (Å²) in [6, 6.07) is 5.47. The zero-order valence-electron chi connectivity index (χ0n) is 7.45. The topological polar surface area (TPSA) is 47.6 Å². The van der Waals surface area contributed by atoms with Crippen molar-refractivity contribution >= 4 is 5.91 Å². The highest BCUT2D eigenvalue weighted by Gasteiger charge is 2.33. The number of ether oxygens (including phenoxy) is 2.